The molecule has 0 aromatic carbocycles. The van der Waals surface area contributed by atoms with E-state index in [9.17, 15) is 0 Å². The molecule has 0 aromatic heterocycles. The van der Waals surface area contributed by atoms with E-state index in [1.807, 2.05) is 6.08 Å². The van der Waals surface area contributed by atoms with Gasteiger partial charge in [0.1, 0.15) is 0 Å². The molecule has 0 fully saturated rings. The van der Waals surface area contributed by atoms with E-state index in [1.54, 1.807) is 0 Å². The Morgan fingerprint density at radius 1 is 1.27 bits per heavy atom. The van der Waals surface area contributed by atoms with Crippen LogP contribution in [0.25, 0.3) is 0 Å². The lowest BCUT2D eigenvalue weighted by molar-refractivity contribution is 0.538. The first kappa shape index (κ1) is 10.2. The Bertz CT molecular complexity index is 359. The zero-order valence-corrected chi connectivity index (χ0v) is 9.27. The van der Waals surface area contributed by atoms with Gasteiger partial charge in [-0.15, -0.1) is 0 Å². The zero-order chi connectivity index (χ0) is 10.8. The Labute approximate surface area is 91.2 Å². The van der Waals surface area contributed by atoms with Gasteiger partial charge >= 0.3 is 0 Å². The average molecular weight is 202 g/mol. The van der Waals surface area contributed by atoms with E-state index in [0.29, 0.717) is 12.0 Å². The van der Waals surface area contributed by atoms with Gasteiger partial charge in [0.05, 0.1) is 0 Å². The van der Waals surface area contributed by atoms with Crippen LogP contribution in [0.4, 0.5) is 0 Å². The Balaban J connectivity index is 2.25. The van der Waals surface area contributed by atoms with Gasteiger partial charge < -0.3 is 11.1 Å². The van der Waals surface area contributed by atoms with Crippen molar-refractivity contribution in [3.05, 3.63) is 47.7 Å². The molecule has 2 heteroatoms. The lowest BCUT2D eigenvalue weighted by Gasteiger charge is -2.31. The van der Waals surface area contributed by atoms with Gasteiger partial charge in [0, 0.05) is 23.7 Å². The third-order valence-electron chi connectivity index (χ3n) is 2.72. The fraction of sp³-hybridized carbons (Fsp3) is 0.385. The van der Waals surface area contributed by atoms with Crippen molar-refractivity contribution in [3.8, 4) is 0 Å². The quantitative estimate of drug-likeness (QED) is 0.717. The molecule has 2 unspecified atom stereocenters. The van der Waals surface area contributed by atoms with Gasteiger partial charge in [0.2, 0.25) is 0 Å². The van der Waals surface area contributed by atoms with Crippen molar-refractivity contribution >= 4 is 0 Å². The summed E-state index contributed by atoms with van der Waals surface area (Å²) in [6.07, 6.45) is 12.6. The number of nitrogens with one attached hydrogen (secondary N) is 1. The third-order valence-corrected chi connectivity index (χ3v) is 2.72. The van der Waals surface area contributed by atoms with Crippen LogP contribution in [0.5, 0.6) is 0 Å². The van der Waals surface area contributed by atoms with Crippen molar-refractivity contribution in [3.63, 3.8) is 0 Å². The van der Waals surface area contributed by atoms with Crippen LogP contribution >= 0.6 is 0 Å². The molecule has 0 radical (unpaired) electrons. The van der Waals surface area contributed by atoms with Crippen LogP contribution in [0.1, 0.15) is 13.8 Å². The SMILES string of the molecule is CC(C)NC1=CC=CC2=CC=CC(N)C21. The molecule has 2 aliphatic rings. The molecular formula is C13H18N2. The van der Waals surface area contributed by atoms with E-state index in [1.165, 1.54) is 11.3 Å². The summed E-state index contributed by atoms with van der Waals surface area (Å²) in [4.78, 5) is 0. The lowest BCUT2D eigenvalue weighted by atomic mass is 9.82. The van der Waals surface area contributed by atoms with Crippen LogP contribution in [-0.2, 0) is 0 Å². The minimum atomic E-state index is 0.0902. The fourth-order valence-corrected chi connectivity index (χ4v) is 2.12. The maximum absolute atomic E-state index is 6.11. The van der Waals surface area contributed by atoms with Gasteiger partial charge in [-0.3, -0.25) is 0 Å². The molecule has 0 bridgehead atoms. The van der Waals surface area contributed by atoms with E-state index < -0.39 is 0 Å². The Hall–Kier alpha value is -1.28. The molecular weight excluding hydrogens is 184 g/mol. The van der Waals surface area contributed by atoms with Crippen molar-refractivity contribution in [2.75, 3.05) is 0 Å². The summed E-state index contributed by atoms with van der Waals surface area (Å²) < 4.78 is 0. The van der Waals surface area contributed by atoms with Crippen molar-refractivity contribution in [2.24, 2.45) is 11.7 Å². The smallest absolute Gasteiger partial charge is 0.0424 e. The second kappa shape index (κ2) is 4.07. The van der Waals surface area contributed by atoms with Crippen LogP contribution in [-0.4, -0.2) is 12.1 Å². The first-order valence-electron chi connectivity index (χ1n) is 5.47. The number of fused-ring (bicyclic) bond motifs is 1. The normalized spacial score (nSPS) is 28.5. The topological polar surface area (TPSA) is 38.0 Å². The standard InChI is InChI=1S/C13H18N2/c1-9(2)15-12-8-4-6-10-5-3-7-11(14)13(10)12/h3-9,11,13,15H,14H2,1-2H3. The number of hydrogen-bond donors (Lipinski definition) is 2. The molecule has 0 aromatic rings. The summed E-state index contributed by atoms with van der Waals surface area (Å²) in [6, 6.07) is 0.537. The Kier molecular flexibility index (Phi) is 2.78. The van der Waals surface area contributed by atoms with Gasteiger partial charge in [-0.1, -0.05) is 30.4 Å². The molecule has 2 nitrogen and oxygen atoms in total. The first-order chi connectivity index (χ1) is 7.18. The van der Waals surface area contributed by atoms with Crippen molar-refractivity contribution in [1.29, 1.82) is 0 Å². The first-order valence-corrected chi connectivity index (χ1v) is 5.47. The summed E-state index contributed by atoms with van der Waals surface area (Å²) in [5.41, 5.74) is 8.65. The van der Waals surface area contributed by atoms with E-state index in [-0.39, 0.29) is 6.04 Å². The van der Waals surface area contributed by atoms with Crippen molar-refractivity contribution in [1.82, 2.24) is 5.32 Å². The second-order valence-corrected chi connectivity index (χ2v) is 4.39. The maximum Gasteiger partial charge on any atom is 0.0424 e. The molecule has 0 heterocycles. The third kappa shape index (κ3) is 2.05. The second-order valence-electron chi connectivity index (χ2n) is 4.39. The lowest BCUT2D eigenvalue weighted by Crippen LogP contribution is -2.39. The predicted molar refractivity (Wildman–Crippen MR) is 64.2 cm³/mol. The highest BCUT2D eigenvalue weighted by molar-refractivity contribution is 5.44. The summed E-state index contributed by atoms with van der Waals surface area (Å²) in [6.45, 7) is 4.29. The summed E-state index contributed by atoms with van der Waals surface area (Å²) >= 11 is 0. The molecule has 15 heavy (non-hydrogen) atoms. The molecule has 0 spiro atoms. The monoisotopic (exact) mass is 202 g/mol. The molecule has 0 saturated carbocycles. The fourth-order valence-electron chi connectivity index (χ4n) is 2.12. The van der Waals surface area contributed by atoms with Gasteiger partial charge in [0.25, 0.3) is 0 Å². The van der Waals surface area contributed by atoms with Gasteiger partial charge in [-0.2, -0.15) is 0 Å². The van der Waals surface area contributed by atoms with E-state index in [2.05, 4.69) is 49.5 Å². The average Bonchev–Trinajstić information content (AvgIpc) is 2.17. The van der Waals surface area contributed by atoms with Gasteiger partial charge in [-0.25, -0.2) is 0 Å². The Morgan fingerprint density at radius 2 is 2.07 bits per heavy atom. The molecule has 2 aliphatic carbocycles. The number of allylic oxidation sites excluding steroid dienone is 5. The van der Waals surface area contributed by atoms with Crippen LogP contribution in [0.15, 0.2) is 47.7 Å². The molecule has 0 saturated heterocycles. The highest BCUT2D eigenvalue weighted by atomic mass is 14.9. The van der Waals surface area contributed by atoms with Gasteiger partial charge in [0.15, 0.2) is 0 Å². The molecule has 3 N–H and O–H groups in total. The molecule has 0 amide bonds. The zero-order valence-electron chi connectivity index (χ0n) is 9.27. The minimum Gasteiger partial charge on any atom is -0.386 e. The summed E-state index contributed by atoms with van der Waals surface area (Å²) in [5, 5.41) is 3.47. The molecule has 2 atom stereocenters. The van der Waals surface area contributed by atoms with Gasteiger partial charge in [-0.05, 0) is 25.5 Å². The summed E-state index contributed by atoms with van der Waals surface area (Å²) in [5.74, 6) is 0.308. The van der Waals surface area contributed by atoms with Crippen LogP contribution in [0, 0.1) is 5.92 Å². The van der Waals surface area contributed by atoms with Crippen LogP contribution < -0.4 is 11.1 Å². The highest BCUT2D eigenvalue weighted by Gasteiger charge is 2.26. The van der Waals surface area contributed by atoms with Crippen molar-refractivity contribution < 1.29 is 0 Å². The molecule has 0 aliphatic heterocycles. The van der Waals surface area contributed by atoms with Crippen LogP contribution in [0.2, 0.25) is 0 Å². The van der Waals surface area contributed by atoms with E-state index in [0.717, 1.165) is 0 Å². The highest BCUT2D eigenvalue weighted by Crippen LogP contribution is 2.29. The number of nitrogens with two attached hydrogens (primary N) is 1. The minimum absolute atomic E-state index is 0.0902. The molecule has 80 valence electrons. The van der Waals surface area contributed by atoms with E-state index in [4.69, 9.17) is 5.73 Å². The number of rotatable bonds is 2. The summed E-state index contributed by atoms with van der Waals surface area (Å²) in [7, 11) is 0. The van der Waals surface area contributed by atoms with Crippen LogP contribution in [0.3, 0.4) is 0 Å². The maximum atomic E-state index is 6.11. The predicted octanol–water partition coefficient (Wildman–Crippen LogP) is 1.88. The molecule has 2 rings (SSSR count). The number of hydrogen-bond acceptors (Lipinski definition) is 2. The Morgan fingerprint density at radius 3 is 2.80 bits per heavy atom. The largest absolute Gasteiger partial charge is 0.386 e. The van der Waals surface area contributed by atoms with Crippen molar-refractivity contribution in [2.45, 2.75) is 25.9 Å². The van der Waals surface area contributed by atoms with E-state index >= 15 is 0 Å².